The van der Waals surface area contributed by atoms with Crippen molar-refractivity contribution in [2.45, 2.75) is 32.6 Å². The molecule has 0 amide bonds. The highest BCUT2D eigenvalue weighted by Crippen LogP contribution is 2.14. The third kappa shape index (κ3) is 2.38. The van der Waals surface area contributed by atoms with Gasteiger partial charge in [-0.25, -0.2) is 0 Å². The molecule has 0 spiro atoms. The van der Waals surface area contributed by atoms with Crippen molar-refractivity contribution < 1.29 is 0 Å². The van der Waals surface area contributed by atoms with Crippen molar-refractivity contribution in [3.63, 3.8) is 0 Å². The van der Waals surface area contributed by atoms with Gasteiger partial charge in [0.1, 0.15) is 0 Å². The molecule has 1 aliphatic carbocycles. The first-order valence-electron chi connectivity index (χ1n) is 4.25. The van der Waals surface area contributed by atoms with E-state index in [9.17, 15) is 0 Å². The predicted octanol–water partition coefficient (Wildman–Crippen LogP) is 3.31. The van der Waals surface area contributed by atoms with Crippen LogP contribution in [-0.4, -0.2) is 0 Å². The van der Waals surface area contributed by atoms with E-state index in [1.807, 2.05) is 0 Å². The van der Waals surface area contributed by atoms with E-state index in [0.29, 0.717) is 0 Å². The van der Waals surface area contributed by atoms with E-state index < -0.39 is 0 Å². The molecule has 0 bridgehead atoms. The molecule has 0 aromatic heterocycles. The van der Waals surface area contributed by atoms with Crippen molar-refractivity contribution in [1.82, 2.24) is 0 Å². The van der Waals surface area contributed by atoms with E-state index in [4.69, 9.17) is 0 Å². The molecule has 1 rings (SSSR count). The van der Waals surface area contributed by atoms with Crippen LogP contribution in [0.2, 0.25) is 0 Å². The van der Waals surface area contributed by atoms with Crippen LogP contribution in [0.4, 0.5) is 0 Å². The summed E-state index contributed by atoms with van der Waals surface area (Å²) in [5.41, 5.74) is 0. The molecule has 1 atom stereocenters. The van der Waals surface area contributed by atoms with Crippen LogP contribution < -0.4 is 0 Å². The van der Waals surface area contributed by atoms with Gasteiger partial charge in [0.05, 0.1) is 0 Å². The Bertz CT molecular complexity index is 131. The van der Waals surface area contributed by atoms with E-state index in [1.165, 1.54) is 25.7 Å². The van der Waals surface area contributed by atoms with Crippen molar-refractivity contribution in [2.24, 2.45) is 5.92 Å². The number of hydrogen-bond acceptors (Lipinski definition) is 0. The molecule has 0 aromatic rings. The minimum absolute atomic E-state index is 0.802. The van der Waals surface area contributed by atoms with Gasteiger partial charge in [-0.3, -0.25) is 0 Å². The zero-order valence-corrected chi connectivity index (χ0v) is 6.72. The molecular formula is C10H16. The fourth-order valence-electron chi connectivity index (χ4n) is 1.25. The van der Waals surface area contributed by atoms with Gasteiger partial charge in [-0.2, -0.15) is 0 Å². The molecule has 56 valence electrons. The maximum atomic E-state index is 2.36. The molecule has 0 heterocycles. The van der Waals surface area contributed by atoms with Crippen molar-refractivity contribution >= 4 is 0 Å². The topological polar surface area (TPSA) is 0 Å². The Morgan fingerprint density at radius 1 is 1.20 bits per heavy atom. The van der Waals surface area contributed by atoms with E-state index in [-0.39, 0.29) is 0 Å². The second-order valence-electron chi connectivity index (χ2n) is 2.88. The Labute approximate surface area is 63.6 Å². The maximum Gasteiger partial charge on any atom is -0.0202 e. The van der Waals surface area contributed by atoms with Crippen LogP contribution in [0.15, 0.2) is 24.3 Å². The number of hydrogen-bond donors (Lipinski definition) is 0. The van der Waals surface area contributed by atoms with Crippen molar-refractivity contribution in [3.05, 3.63) is 24.3 Å². The molecule has 0 aromatic carbocycles. The van der Waals surface area contributed by atoms with Gasteiger partial charge in [-0.05, 0) is 31.6 Å². The summed E-state index contributed by atoms with van der Waals surface area (Å²) in [6.07, 6.45) is 14.3. The van der Waals surface area contributed by atoms with Gasteiger partial charge in [0.25, 0.3) is 0 Å². The summed E-state index contributed by atoms with van der Waals surface area (Å²) < 4.78 is 0. The van der Waals surface area contributed by atoms with Crippen LogP contribution in [0.3, 0.4) is 0 Å². The van der Waals surface area contributed by atoms with E-state index in [2.05, 4.69) is 31.2 Å². The Hall–Kier alpha value is -0.520. The lowest BCUT2D eigenvalue weighted by atomic mass is 9.99. The summed E-state index contributed by atoms with van der Waals surface area (Å²) in [7, 11) is 0. The van der Waals surface area contributed by atoms with Crippen LogP contribution in [0.1, 0.15) is 32.6 Å². The molecule has 0 aliphatic heterocycles. The summed E-state index contributed by atoms with van der Waals surface area (Å²) >= 11 is 0. The Morgan fingerprint density at radius 3 is 2.80 bits per heavy atom. The molecule has 0 fully saturated rings. The lowest BCUT2D eigenvalue weighted by Crippen LogP contribution is -1.92. The predicted molar refractivity (Wildman–Crippen MR) is 45.9 cm³/mol. The lowest BCUT2D eigenvalue weighted by molar-refractivity contribution is 0.631. The molecule has 1 unspecified atom stereocenters. The zero-order valence-electron chi connectivity index (χ0n) is 6.72. The van der Waals surface area contributed by atoms with E-state index in [1.54, 1.807) is 0 Å². The highest BCUT2D eigenvalue weighted by atomic mass is 14.0. The third-order valence-electron chi connectivity index (χ3n) is 2.04. The average Bonchev–Trinajstić information content (AvgIpc) is 1.87. The van der Waals surface area contributed by atoms with Gasteiger partial charge >= 0.3 is 0 Å². The molecule has 0 heteroatoms. The second-order valence-corrected chi connectivity index (χ2v) is 2.88. The fraction of sp³-hybridized carbons (Fsp3) is 0.600. The fourth-order valence-corrected chi connectivity index (χ4v) is 1.25. The molecular weight excluding hydrogens is 120 g/mol. The first-order chi connectivity index (χ1) is 4.93. The summed E-state index contributed by atoms with van der Waals surface area (Å²) in [4.78, 5) is 0. The Morgan fingerprint density at radius 2 is 2.00 bits per heavy atom. The Kier molecular flexibility index (Phi) is 3.28. The quantitative estimate of drug-likeness (QED) is 0.485. The monoisotopic (exact) mass is 136 g/mol. The summed E-state index contributed by atoms with van der Waals surface area (Å²) in [6, 6.07) is 0. The van der Waals surface area contributed by atoms with Gasteiger partial charge in [0, 0.05) is 0 Å². The average molecular weight is 136 g/mol. The van der Waals surface area contributed by atoms with Crippen molar-refractivity contribution in [2.75, 3.05) is 0 Å². The minimum Gasteiger partial charge on any atom is -0.0882 e. The molecule has 0 saturated heterocycles. The maximum absolute atomic E-state index is 2.36. The van der Waals surface area contributed by atoms with E-state index in [0.717, 1.165) is 5.92 Å². The highest BCUT2D eigenvalue weighted by molar-refractivity contribution is 4.97. The molecule has 0 saturated carbocycles. The first kappa shape index (κ1) is 7.59. The van der Waals surface area contributed by atoms with Gasteiger partial charge in [0.15, 0.2) is 0 Å². The number of rotatable bonds is 1. The third-order valence-corrected chi connectivity index (χ3v) is 2.04. The van der Waals surface area contributed by atoms with Crippen LogP contribution in [0.25, 0.3) is 0 Å². The van der Waals surface area contributed by atoms with Gasteiger partial charge < -0.3 is 0 Å². The minimum atomic E-state index is 0.802. The number of allylic oxidation sites excluding steroid dienone is 4. The SMILES string of the molecule is CCC1C=CCCC=CC1. The van der Waals surface area contributed by atoms with Crippen LogP contribution in [0, 0.1) is 5.92 Å². The highest BCUT2D eigenvalue weighted by Gasteiger charge is 1.98. The normalized spacial score (nSPS) is 25.9. The van der Waals surface area contributed by atoms with Gasteiger partial charge in [-0.1, -0.05) is 31.2 Å². The van der Waals surface area contributed by atoms with Gasteiger partial charge in [0.2, 0.25) is 0 Å². The molecule has 0 N–H and O–H groups in total. The molecule has 10 heavy (non-hydrogen) atoms. The zero-order chi connectivity index (χ0) is 7.23. The second kappa shape index (κ2) is 4.32. The lowest BCUT2D eigenvalue weighted by Gasteiger charge is -2.07. The molecule has 0 nitrogen and oxygen atoms in total. The van der Waals surface area contributed by atoms with Gasteiger partial charge in [-0.15, -0.1) is 0 Å². The van der Waals surface area contributed by atoms with Crippen LogP contribution in [-0.2, 0) is 0 Å². The van der Waals surface area contributed by atoms with Crippen molar-refractivity contribution in [1.29, 1.82) is 0 Å². The Balaban J connectivity index is 2.41. The van der Waals surface area contributed by atoms with Crippen molar-refractivity contribution in [3.8, 4) is 0 Å². The smallest absolute Gasteiger partial charge is 0.0202 e. The largest absolute Gasteiger partial charge is 0.0882 e. The molecule has 0 radical (unpaired) electrons. The summed E-state index contributed by atoms with van der Waals surface area (Å²) in [6.45, 7) is 2.25. The van der Waals surface area contributed by atoms with E-state index >= 15 is 0 Å². The first-order valence-corrected chi connectivity index (χ1v) is 4.25. The summed E-state index contributed by atoms with van der Waals surface area (Å²) in [5.74, 6) is 0.802. The standard InChI is InChI=1S/C10H16/c1-2-10-8-6-4-3-5-7-9-10/h4,6-7,9-10H,2-3,5,8H2,1H3. The van der Waals surface area contributed by atoms with Crippen LogP contribution in [0.5, 0.6) is 0 Å². The summed E-state index contributed by atoms with van der Waals surface area (Å²) in [5, 5.41) is 0. The molecule has 1 aliphatic rings. The van der Waals surface area contributed by atoms with Crippen LogP contribution >= 0.6 is 0 Å².